The predicted octanol–water partition coefficient (Wildman–Crippen LogP) is 2.14. The van der Waals surface area contributed by atoms with Crippen molar-refractivity contribution in [2.75, 3.05) is 13.2 Å². The lowest BCUT2D eigenvalue weighted by atomic mass is 10.0. The average molecular weight is 299 g/mol. The number of amides is 1. The molecule has 108 valence electrons. The molecule has 0 bridgehead atoms. The zero-order valence-electron chi connectivity index (χ0n) is 10.8. The van der Waals surface area contributed by atoms with Gasteiger partial charge in [0.2, 0.25) is 0 Å². The summed E-state index contributed by atoms with van der Waals surface area (Å²) in [5.74, 6) is -0.511. The van der Waals surface area contributed by atoms with Crippen LogP contribution in [0.1, 0.15) is 29.6 Å². The molecule has 2 N–H and O–H groups in total. The molecule has 1 aromatic rings. The van der Waals surface area contributed by atoms with Crippen LogP contribution in [-0.4, -0.2) is 29.1 Å². The van der Waals surface area contributed by atoms with Crippen molar-refractivity contribution >= 4 is 23.2 Å². The number of carbonyl (C=O) groups is 1. The first-order chi connectivity index (χ1) is 9.47. The normalized spacial score (nSPS) is 15.7. The van der Waals surface area contributed by atoms with Gasteiger partial charge in [0.05, 0.1) is 4.92 Å². The fourth-order valence-corrected chi connectivity index (χ4v) is 2.31. The monoisotopic (exact) mass is 298 g/mol. The van der Waals surface area contributed by atoms with Crippen LogP contribution in [0.25, 0.3) is 0 Å². The topological polar surface area (TPSA) is 92.5 Å². The summed E-state index contributed by atoms with van der Waals surface area (Å²) in [7, 11) is 0. The zero-order chi connectivity index (χ0) is 14.8. The van der Waals surface area contributed by atoms with Gasteiger partial charge in [-0.25, -0.2) is 0 Å². The summed E-state index contributed by atoms with van der Waals surface area (Å²) in [6.07, 6.45) is 2.53. The van der Waals surface area contributed by atoms with E-state index in [0.29, 0.717) is 13.0 Å². The Balaban J connectivity index is 2.09. The molecule has 6 nitrogen and oxygen atoms in total. The number of aliphatic hydroxyl groups excluding tert-OH is 1. The number of halogens is 1. The van der Waals surface area contributed by atoms with Crippen LogP contribution in [0.2, 0.25) is 5.02 Å². The number of hydrogen-bond acceptors (Lipinski definition) is 4. The minimum absolute atomic E-state index is 0.0395. The number of nitro benzene ring substituents is 1. The lowest BCUT2D eigenvalue weighted by Gasteiger charge is -2.14. The average Bonchev–Trinajstić information content (AvgIpc) is 3.16. The molecular formula is C13H15ClN2O4. The molecule has 1 saturated carbocycles. The molecule has 0 unspecified atom stereocenters. The number of carbonyl (C=O) groups excluding carboxylic acids is 1. The van der Waals surface area contributed by atoms with Gasteiger partial charge in [0.1, 0.15) is 5.56 Å². The Bertz CT molecular complexity index is 543. The smallest absolute Gasteiger partial charge is 0.282 e. The molecule has 0 atom stereocenters. The van der Waals surface area contributed by atoms with Crippen molar-refractivity contribution < 1.29 is 14.8 Å². The van der Waals surface area contributed by atoms with Crippen LogP contribution in [0.15, 0.2) is 18.2 Å². The maximum atomic E-state index is 12.1. The van der Waals surface area contributed by atoms with Gasteiger partial charge in [0.25, 0.3) is 11.6 Å². The van der Waals surface area contributed by atoms with Crippen molar-refractivity contribution in [2.24, 2.45) is 5.41 Å². The highest BCUT2D eigenvalue weighted by molar-refractivity contribution is 6.31. The zero-order valence-corrected chi connectivity index (χ0v) is 11.5. The molecule has 0 saturated heterocycles. The van der Waals surface area contributed by atoms with Crippen LogP contribution in [0, 0.1) is 15.5 Å². The Hall–Kier alpha value is -1.66. The van der Waals surface area contributed by atoms with E-state index < -0.39 is 10.8 Å². The lowest BCUT2D eigenvalue weighted by molar-refractivity contribution is -0.385. The first kappa shape index (κ1) is 14.7. The second-order valence-corrected chi connectivity index (χ2v) is 5.51. The summed E-state index contributed by atoms with van der Waals surface area (Å²) < 4.78 is 0. The molecule has 1 fully saturated rings. The third-order valence-corrected chi connectivity index (χ3v) is 3.86. The van der Waals surface area contributed by atoms with E-state index in [9.17, 15) is 14.9 Å². The van der Waals surface area contributed by atoms with Gasteiger partial charge in [-0.3, -0.25) is 14.9 Å². The van der Waals surface area contributed by atoms with Crippen molar-refractivity contribution in [3.05, 3.63) is 38.9 Å². The molecule has 0 radical (unpaired) electrons. The largest absolute Gasteiger partial charge is 0.396 e. The Morgan fingerprint density at radius 3 is 2.75 bits per heavy atom. The minimum Gasteiger partial charge on any atom is -0.396 e. The van der Waals surface area contributed by atoms with E-state index in [-0.39, 0.29) is 28.3 Å². The van der Waals surface area contributed by atoms with Gasteiger partial charge in [-0.2, -0.15) is 0 Å². The second kappa shape index (κ2) is 5.76. The van der Waals surface area contributed by atoms with Gasteiger partial charge >= 0.3 is 0 Å². The third kappa shape index (κ3) is 3.26. The van der Waals surface area contributed by atoms with Crippen molar-refractivity contribution in [3.63, 3.8) is 0 Å². The van der Waals surface area contributed by atoms with Crippen molar-refractivity contribution in [1.29, 1.82) is 0 Å². The predicted molar refractivity (Wildman–Crippen MR) is 73.8 cm³/mol. The summed E-state index contributed by atoms with van der Waals surface area (Å²) in [6.45, 7) is 0.489. The Morgan fingerprint density at radius 1 is 1.50 bits per heavy atom. The molecular weight excluding hydrogens is 284 g/mol. The molecule has 0 aliphatic heterocycles. The summed E-state index contributed by atoms with van der Waals surface area (Å²) >= 11 is 5.78. The lowest BCUT2D eigenvalue weighted by Crippen LogP contribution is -2.31. The molecule has 2 rings (SSSR count). The van der Waals surface area contributed by atoms with E-state index >= 15 is 0 Å². The SMILES string of the molecule is O=C(NCC1(CCO)CC1)c1cc(Cl)ccc1[N+](=O)[O-]. The molecule has 7 heteroatoms. The van der Waals surface area contributed by atoms with Crippen LogP contribution in [0.5, 0.6) is 0 Å². The standard InChI is InChI=1S/C13H15ClN2O4/c14-9-1-2-11(16(19)20)10(7-9)12(18)15-8-13(3-4-13)5-6-17/h1-2,7,17H,3-6,8H2,(H,15,18). The maximum Gasteiger partial charge on any atom is 0.282 e. The fraction of sp³-hybridized carbons (Fsp3) is 0.462. The van der Waals surface area contributed by atoms with Crippen LogP contribution >= 0.6 is 11.6 Å². The van der Waals surface area contributed by atoms with Gasteiger partial charge in [-0.05, 0) is 36.8 Å². The Morgan fingerprint density at radius 2 is 2.20 bits per heavy atom. The van der Waals surface area contributed by atoms with Gasteiger partial charge in [0, 0.05) is 24.2 Å². The molecule has 0 heterocycles. The number of rotatable bonds is 6. The molecule has 0 spiro atoms. The van der Waals surface area contributed by atoms with E-state index in [1.54, 1.807) is 0 Å². The van der Waals surface area contributed by atoms with E-state index in [1.807, 2.05) is 0 Å². The highest BCUT2D eigenvalue weighted by Gasteiger charge is 2.42. The highest BCUT2D eigenvalue weighted by atomic mass is 35.5. The number of nitrogens with one attached hydrogen (secondary N) is 1. The molecule has 0 aromatic heterocycles. The van der Waals surface area contributed by atoms with Gasteiger partial charge in [-0.1, -0.05) is 11.6 Å². The van der Waals surface area contributed by atoms with Gasteiger partial charge in [0.15, 0.2) is 0 Å². The molecule has 1 amide bonds. The van der Waals surface area contributed by atoms with Crippen LogP contribution in [0.4, 0.5) is 5.69 Å². The Labute approximate surface area is 120 Å². The third-order valence-electron chi connectivity index (χ3n) is 3.62. The maximum absolute atomic E-state index is 12.1. The highest BCUT2D eigenvalue weighted by Crippen LogP contribution is 2.47. The fourth-order valence-electron chi connectivity index (χ4n) is 2.14. The summed E-state index contributed by atoms with van der Waals surface area (Å²) in [5.41, 5.74) is -0.348. The van der Waals surface area contributed by atoms with E-state index in [1.165, 1.54) is 18.2 Å². The van der Waals surface area contributed by atoms with E-state index in [0.717, 1.165) is 12.8 Å². The summed E-state index contributed by atoms with van der Waals surface area (Å²) in [4.78, 5) is 22.4. The summed E-state index contributed by atoms with van der Waals surface area (Å²) in [6, 6.07) is 3.89. The molecule has 20 heavy (non-hydrogen) atoms. The van der Waals surface area contributed by atoms with Gasteiger partial charge < -0.3 is 10.4 Å². The van der Waals surface area contributed by atoms with Crippen LogP contribution in [-0.2, 0) is 0 Å². The molecule has 1 aromatic carbocycles. The summed E-state index contributed by atoms with van der Waals surface area (Å²) in [5, 5.41) is 22.8. The Kier molecular flexibility index (Phi) is 4.25. The van der Waals surface area contributed by atoms with Crippen LogP contribution < -0.4 is 5.32 Å². The first-order valence-corrected chi connectivity index (χ1v) is 6.68. The number of nitro groups is 1. The quantitative estimate of drug-likeness (QED) is 0.621. The van der Waals surface area contributed by atoms with Crippen molar-refractivity contribution in [1.82, 2.24) is 5.32 Å². The molecule has 1 aliphatic carbocycles. The number of nitrogens with zero attached hydrogens (tertiary/aromatic N) is 1. The number of aliphatic hydroxyl groups is 1. The van der Waals surface area contributed by atoms with Crippen LogP contribution in [0.3, 0.4) is 0 Å². The van der Waals surface area contributed by atoms with Gasteiger partial charge in [-0.15, -0.1) is 0 Å². The minimum atomic E-state index is -0.605. The van der Waals surface area contributed by atoms with E-state index in [2.05, 4.69) is 5.32 Å². The molecule has 1 aliphatic rings. The van der Waals surface area contributed by atoms with E-state index in [4.69, 9.17) is 16.7 Å². The second-order valence-electron chi connectivity index (χ2n) is 5.07. The number of hydrogen-bond donors (Lipinski definition) is 2. The van der Waals surface area contributed by atoms with Crippen molar-refractivity contribution in [3.8, 4) is 0 Å². The number of benzene rings is 1. The first-order valence-electron chi connectivity index (χ1n) is 6.30. The van der Waals surface area contributed by atoms with Crippen molar-refractivity contribution in [2.45, 2.75) is 19.3 Å².